The van der Waals surface area contributed by atoms with Crippen molar-refractivity contribution in [2.24, 2.45) is 5.92 Å². The SMILES string of the molecule is Cc1ccccc1CCC(Cl)CC(C)C. The molecule has 0 aliphatic carbocycles. The van der Waals surface area contributed by atoms with E-state index in [1.54, 1.807) is 0 Å². The molecule has 0 nitrogen and oxygen atoms in total. The molecule has 0 heterocycles. The molecule has 0 aliphatic heterocycles. The van der Waals surface area contributed by atoms with Crippen LogP contribution in [0.2, 0.25) is 0 Å². The average molecular weight is 225 g/mol. The quantitative estimate of drug-likeness (QED) is 0.643. The number of rotatable bonds is 5. The maximum atomic E-state index is 6.28. The number of hydrogen-bond acceptors (Lipinski definition) is 0. The van der Waals surface area contributed by atoms with Gasteiger partial charge in [-0.25, -0.2) is 0 Å². The van der Waals surface area contributed by atoms with Crippen molar-refractivity contribution < 1.29 is 0 Å². The van der Waals surface area contributed by atoms with E-state index in [0.717, 1.165) is 19.3 Å². The molecule has 1 heteroatoms. The predicted octanol–water partition coefficient (Wildman–Crippen LogP) is 4.58. The topological polar surface area (TPSA) is 0 Å². The van der Waals surface area contributed by atoms with Crippen LogP contribution in [0.25, 0.3) is 0 Å². The zero-order chi connectivity index (χ0) is 11.3. The first-order chi connectivity index (χ1) is 7.09. The Balaban J connectivity index is 2.40. The lowest BCUT2D eigenvalue weighted by Gasteiger charge is -2.12. The lowest BCUT2D eigenvalue weighted by molar-refractivity contribution is 0.544. The van der Waals surface area contributed by atoms with Crippen LogP contribution in [-0.2, 0) is 6.42 Å². The summed E-state index contributed by atoms with van der Waals surface area (Å²) in [4.78, 5) is 0. The molecule has 1 rings (SSSR count). The van der Waals surface area contributed by atoms with Crippen molar-refractivity contribution in [3.8, 4) is 0 Å². The molecule has 15 heavy (non-hydrogen) atoms. The summed E-state index contributed by atoms with van der Waals surface area (Å²) in [5.41, 5.74) is 2.82. The van der Waals surface area contributed by atoms with E-state index in [9.17, 15) is 0 Å². The van der Waals surface area contributed by atoms with Crippen molar-refractivity contribution in [1.82, 2.24) is 0 Å². The molecule has 0 spiro atoms. The van der Waals surface area contributed by atoms with Gasteiger partial charge in [0.1, 0.15) is 0 Å². The summed E-state index contributed by atoms with van der Waals surface area (Å²) in [6.45, 7) is 6.62. The number of aryl methyl sites for hydroxylation is 2. The van der Waals surface area contributed by atoms with Crippen LogP contribution in [0, 0.1) is 12.8 Å². The van der Waals surface area contributed by atoms with Gasteiger partial charge in [0.25, 0.3) is 0 Å². The summed E-state index contributed by atoms with van der Waals surface area (Å²) >= 11 is 6.28. The van der Waals surface area contributed by atoms with Crippen LogP contribution in [-0.4, -0.2) is 5.38 Å². The van der Waals surface area contributed by atoms with Crippen LogP contribution in [0.5, 0.6) is 0 Å². The monoisotopic (exact) mass is 224 g/mol. The minimum Gasteiger partial charge on any atom is -0.123 e. The third-order valence-corrected chi connectivity index (χ3v) is 3.11. The molecule has 1 unspecified atom stereocenters. The molecule has 1 aromatic carbocycles. The zero-order valence-corrected chi connectivity index (χ0v) is 10.7. The molecule has 0 aliphatic rings. The highest BCUT2D eigenvalue weighted by atomic mass is 35.5. The van der Waals surface area contributed by atoms with E-state index in [1.807, 2.05) is 0 Å². The minimum atomic E-state index is 0.324. The average Bonchev–Trinajstić information content (AvgIpc) is 2.15. The van der Waals surface area contributed by atoms with E-state index in [0.29, 0.717) is 11.3 Å². The Labute approximate surface area is 98.7 Å². The van der Waals surface area contributed by atoms with Crippen molar-refractivity contribution in [3.05, 3.63) is 35.4 Å². The van der Waals surface area contributed by atoms with Crippen molar-refractivity contribution >= 4 is 11.6 Å². The Morgan fingerprint density at radius 2 is 1.87 bits per heavy atom. The van der Waals surface area contributed by atoms with Crippen molar-refractivity contribution in [1.29, 1.82) is 0 Å². The molecule has 0 amide bonds. The van der Waals surface area contributed by atoms with Gasteiger partial charge in [0.15, 0.2) is 0 Å². The van der Waals surface area contributed by atoms with E-state index >= 15 is 0 Å². The Bertz CT molecular complexity index is 291. The molecule has 84 valence electrons. The number of benzene rings is 1. The van der Waals surface area contributed by atoms with E-state index in [-0.39, 0.29) is 0 Å². The highest BCUT2D eigenvalue weighted by Gasteiger charge is 2.08. The Morgan fingerprint density at radius 3 is 2.47 bits per heavy atom. The summed E-state index contributed by atoms with van der Waals surface area (Å²) in [6, 6.07) is 8.56. The van der Waals surface area contributed by atoms with E-state index in [1.165, 1.54) is 11.1 Å². The molecular formula is C14H21Cl. The number of halogens is 1. The fraction of sp³-hybridized carbons (Fsp3) is 0.571. The van der Waals surface area contributed by atoms with Gasteiger partial charge in [-0.05, 0) is 43.2 Å². The molecule has 1 atom stereocenters. The number of hydrogen-bond donors (Lipinski definition) is 0. The lowest BCUT2D eigenvalue weighted by atomic mass is 9.99. The van der Waals surface area contributed by atoms with Crippen LogP contribution in [0.1, 0.15) is 37.8 Å². The van der Waals surface area contributed by atoms with Gasteiger partial charge in [-0.3, -0.25) is 0 Å². The smallest absolute Gasteiger partial charge is 0.0341 e. The molecule has 0 N–H and O–H groups in total. The van der Waals surface area contributed by atoms with Gasteiger partial charge >= 0.3 is 0 Å². The summed E-state index contributed by atoms with van der Waals surface area (Å²) < 4.78 is 0. The second-order valence-electron chi connectivity index (χ2n) is 4.69. The van der Waals surface area contributed by atoms with Gasteiger partial charge in [0, 0.05) is 5.38 Å². The second kappa shape index (κ2) is 6.17. The molecule has 0 bridgehead atoms. The first kappa shape index (κ1) is 12.6. The summed E-state index contributed by atoms with van der Waals surface area (Å²) in [7, 11) is 0. The molecular weight excluding hydrogens is 204 g/mol. The Kier molecular flexibility index (Phi) is 5.17. The maximum Gasteiger partial charge on any atom is 0.0341 e. The fourth-order valence-corrected chi connectivity index (χ4v) is 2.30. The highest BCUT2D eigenvalue weighted by Crippen LogP contribution is 2.18. The van der Waals surface area contributed by atoms with Crippen LogP contribution in [0.4, 0.5) is 0 Å². The zero-order valence-electron chi connectivity index (χ0n) is 9.96. The minimum absolute atomic E-state index is 0.324. The standard InChI is InChI=1S/C14H21Cl/c1-11(2)10-14(15)9-8-13-7-5-4-6-12(13)3/h4-7,11,14H,8-10H2,1-3H3. The largest absolute Gasteiger partial charge is 0.123 e. The van der Waals surface area contributed by atoms with Crippen LogP contribution in [0.15, 0.2) is 24.3 Å². The van der Waals surface area contributed by atoms with Gasteiger partial charge in [-0.2, -0.15) is 0 Å². The fourth-order valence-electron chi connectivity index (χ4n) is 1.83. The van der Waals surface area contributed by atoms with Gasteiger partial charge in [-0.1, -0.05) is 38.1 Å². The first-order valence-electron chi connectivity index (χ1n) is 5.78. The van der Waals surface area contributed by atoms with Gasteiger partial charge in [0.2, 0.25) is 0 Å². The van der Waals surface area contributed by atoms with E-state index in [4.69, 9.17) is 11.6 Å². The molecule has 1 aromatic rings. The summed E-state index contributed by atoms with van der Waals surface area (Å²) in [6.07, 6.45) is 3.31. The molecule has 0 saturated heterocycles. The van der Waals surface area contributed by atoms with Gasteiger partial charge in [-0.15, -0.1) is 11.6 Å². The Morgan fingerprint density at radius 1 is 1.20 bits per heavy atom. The molecule has 0 radical (unpaired) electrons. The Hall–Kier alpha value is -0.490. The van der Waals surface area contributed by atoms with Crippen molar-refractivity contribution in [2.45, 2.75) is 45.4 Å². The maximum absolute atomic E-state index is 6.28. The van der Waals surface area contributed by atoms with Gasteiger partial charge in [0.05, 0.1) is 0 Å². The van der Waals surface area contributed by atoms with Crippen LogP contribution < -0.4 is 0 Å². The van der Waals surface area contributed by atoms with Crippen LogP contribution >= 0.6 is 11.6 Å². The third-order valence-electron chi connectivity index (χ3n) is 2.72. The predicted molar refractivity (Wildman–Crippen MR) is 68.6 cm³/mol. The van der Waals surface area contributed by atoms with E-state index in [2.05, 4.69) is 45.0 Å². The van der Waals surface area contributed by atoms with Gasteiger partial charge < -0.3 is 0 Å². The molecule has 0 saturated carbocycles. The highest BCUT2D eigenvalue weighted by molar-refractivity contribution is 6.20. The van der Waals surface area contributed by atoms with E-state index < -0.39 is 0 Å². The van der Waals surface area contributed by atoms with Crippen molar-refractivity contribution in [3.63, 3.8) is 0 Å². The molecule has 0 fully saturated rings. The van der Waals surface area contributed by atoms with Crippen molar-refractivity contribution in [2.75, 3.05) is 0 Å². The summed E-state index contributed by atoms with van der Waals surface area (Å²) in [5, 5.41) is 0.324. The molecule has 0 aromatic heterocycles. The first-order valence-corrected chi connectivity index (χ1v) is 6.22. The normalized spacial score (nSPS) is 13.1. The number of alkyl halides is 1. The summed E-state index contributed by atoms with van der Waals surface area (Å²) in [5.74, 6) is 0.698. The lowest BCUT2D eigenvalue weighted by Crippen LogP contribution is -2.05. The van der Waals surface area contributed by atoms with Crippen LogP contribution in [0.3, 0.4) is 0 Å². The third kappa shape index (κ3) is 4.70. The second-order valence-corrected chi connectivity index (χ2v) is 5.31.